The highest BCUT2D eigenvalue weighted by atomic mass is 32.2. The minimum absolute atomic E-state index is 0.112. The van der Waals surface area contributed by atoms with Crippen molar-refractivity contribution in [1.82, 2.24) is 25.2 Å². The van der Waals surface area contributed by atoms with Gasteiger partial charge in [0, 0.05) is 10.9 Å². The SMILES string of the molecule is O=C(CSc1nnnn1C1CC1)Nc1nc(-c2ccccc2)cs1. The number of hydrogen-bond acceptors (Lipinski definition) is 7. The Hall–Kier alpha value is -2.26. The molecule has 1 amide bonds. The van der Waals surface area contributed by atoms with E-state index in [1.807, 2.05) is 35.7 Å². The van der Waals surface area contributed by atoms with Crippen LogP contribution in [0.2, 0.25) is 0 Å². The molecule has 0 aliphatic heterocycles. The average Bonchev–Trinajstić information content (AvgIpc) is 3.16. The van der Waals surface area contributed by atoms with Gasteiger partial charge in [-0.05, 0) is 23.3 Å². The van der Waals surface area contributed by atoms with Gasteiger partial charge in [-0.3, -0.25) is 4.79 Å². The summed E-state index contributed by atoms with van der Waals surface area (Å²) in [5.41, 5.74) is 1.90. The van der Waals surface area contributed by atoms with Gasteiger partial charge in [0.25, 0.3) is 0 Å². The molecule has 2 heterocycles. The van der Waals surface area contributed by atoms with Crippen LogP contribution in [0, 0.1) is 0 Å². The molecule has 1 aromatic carbocycles. The summed E-state index contributed by atoms with van der Waals surface area (Å²) in [5, 5.41) is 17.7. The quantitative estimate of drug-likeness (QED) is 0.682. The van der Waals surface area contributed by atoms with Gasteiger partial charge >= 0.3 is 0 Å². The predicted molar refractivity (Wildman–Crippen MR) is 93.0 cm³/mol. The van der Waals surface area contributed by atoms with Crippen molar-refractivity contribution in [1.29, 1.82) is 0 Å². The standard InChI is InChI=1S/C15H14N6OS2/c22-13(9-24-15-18-19-20-21(15)11-6-7-11)17-14-16-12(8-23-14)10-4-2-1-3-5-10/h1-5,8,11H,6-7,9H2,(H,16,17,22). The summed E-state index contributed by atoms with van der Waals surface area (Å²) in [6.45, 7) is 0. The Morgan fingerprint density at radius 3 is 2.96 bits per heavy atom. The molecule has 1 N–H and O–H groups in total. The summed E-state index contributed by atoms with van der Waals surface area (Å²) in [7, 11) is 0. The van der Waals surface area contributed by atoms with Crippen molar-refractivity contribution in [3.8, 4) is 11.3 Å². The maximum absolute atomic E-state index is 12.1. The second kappa shape index (κ2) is 6.70. The Morgan fingerprint density at radius 2 is 2.17 bits per heavy atom. The van der Waals surface area contributed by atoms with Crippen molar-refractivity contribution in [2.45, 2.75) is 24.0 Å². The van der Waals surface area contributed by atoms with Crippen molar-refractivity contribution >= 4 is 34.1 Å². The first-order valence-corrected chi connectivity index (χ1v) is 9.37. The highest BCUT2D eigenvalue weighted by Gasteiger charge is 2.28. The highest BCUT2D eigenvalue weighted by Crippen LogP contribution is 2.36. The van der Waals surface area contributed by atoms with E-state index in [2.05, 4.69) is 25.8 Å². The molecule has 24 heavy (non-hydrogen) atoms. The fraction of sp³-hybridized carbons (Fsp3) is 0.267. The molecular weight excluding hydrogens is 344 g/mol. The van der Waals surface area contributed by atoms with E-state index < -0.39 is 0 Å². The maximum Gasteiger partial charge on any atom is 0.236 e. The number of carbonyl (C=O) groups is 1. The molecule has 2 aromatic heterocycles. The van der Waals surface area contributed by atoms with Crippen molar-refractivity contribution in [2.24, 2.45) is 0 Å². The van der Waals surface area contributed by atoms with Crippen LogP contribution in [0.4, 0.5) is 5.13 Å². The first-order chi connectivity index (χ1) is 11.8. The number of aromatic nitrogens is 5. The number of benzene rings is 1. The lowest BCUT2D eigenvalue weighted by molar-refractivity contribution is -0.113. The minimum Gasteiger partial charge on any atom is -0.301 e. The third kappa shape index (κ3) is 3.46. The monoisotopic (exact) mass is 358 g/mol. The van der Waals surface area contributed by atoms with Gasteiger partial charge in [0.1, 0.15) is 0 Å². The van der Waals surface area contributed by atoms with Crippen LogP contribution in [0.1, 0.15) is 18.9 Å². The summed E-state index contributed by atoms with van der Waals surface area (Å²) in [6.07, 6.45) is 2.21. The number of nitrogens with zero attached hydrogens (tertiary/aromatic N) is 5. The molecule has 122 valence electrons. The molecule has 9 heteroatoms. The second-order valence-electron chi connectivity index (χ2n) is 5.38. The van der Waals surface area contributed by atoms with Gasteiger partial charge < -0.3 is 5.32 Å². The number of anilines is 1. The summed E-state index contributed by atoms with van der Waals surface area (Å²) in [4.78, 5) is 16.6. The third-order valence-corrected chi connectivity index (χ3v) is 5.20. The van der Waals surface area contributed by atoms with E-state index >= 15 is 0 Å². The molecule has 1 saturated carbocycles. The van der Waals surface area contributed by atoms with Crippen molar-refractivity contribution in [3.05, 3.63) is 35.7 Å². The van der Waals surface area contributed by atoms with Gasteiger partial charge in [-0.2, -0.15) is 0 Å². The molecule has 0 unspecified atom stereocenters. The van der Waals surface area contributed by atoms with Gasteiger partial charge in [-0.25, -0.2) is 9.67 Å². The highest BCUT2D eigenvalue weighted by molar-refractivity contribution is 7.99. The zero-order valence-corrected chi connectivity index (χ0v) is 14.3. The Labute approximate surface area is 146 Å². The maximum atomic E-state index is 12.1. The van der Waals surface area contributed by atoms with Crippen LogP contribution in [0.25, 0.3) is 11.3 Å². The van der Waals surface area contributed by atoms with E-state index in [4.69, 9.17) is 0 Å². The van der Waals surface area contributed by atoms with Gasteiger partial charge in [0.05, 0.1) is 17.5 Å². The molecule has 0 atom stereocenters. The fourth-order valence-electron chi connectivity index (χ4n) is 2.19. The molecule has 1 aliphatic carbocycles. The zero-order chi connectivity index (χ0) is 16.4. The Balaban J connectivity index is 1.34. The molecule has 0 radical (unpaired) electrons. The van der Waals surface area contributed by atoms with Crippen molar-refractivity contribution in [3.63, 3.8) is 0 Å². The van der Waals surface area contributed by atoms with Gasteiger partial charge in [-0.15, -0.1) is 16.4 Å². The molecule has 1 aliphatic rings. The molecular formula is C15H14N6OS2. The fourth-order valence-corrected chi connectivity index (χ4v) is 3.67. The van der Waals surface area contributed by atoms with E-state index in [9.17, 15) is 4.79 Å². The first kappa shape index (κ1) is 15.3. The molecule has 1 fully saturated rings. The van der Waals surface area contributed by atoms with E-state index in [0.717, 1.165) is 24.1 Å². The molecule has 0 spiro atoms. The molecule has 4 rings (SSSR count). The first-order valence-electron chi connectivity index (χ1n) is 7.51. The van der Waals surface area contributed by atoms with Crippen LogP contribution in [0.3, 0.4) is 0 Å². The second-order valence-corrected chi connectivity index (χ2v) is 7.18. The van der Waals surface area contributed by atoms with Crippen LogP contribution < -0.4 is 5.32 Å². The average molecular weight is 358 g/mol. The van der Waals surface area contributed by atoms with Gasteiger partial charge in [0.15, 0.2) is 5.13 Å². The van der Waals surface area contributed by atoms with Crippen LogP contribution in [-0.4, -0.2) is 36.9 Å². The summed E-state index contributed by atoms with van der Waals surface area (Å²) in [5.74, 6) is 0.146. The number of hydrogen-bond donors (Lipinski definition) is 1. The Bertz CT molecular complexity index is 843. The van der Waals surface area contributed by atoms with E-state index in [-0.39, 0.29) is 11.7 Å². The van der Waals surface area contributed by atoms with E-state index in [1.54, 1.807) is 4.68 Å². The predicted octanol–water partition coefficient (Wildman–Crippen LogP) is 2.86. The Morgan fingerprint density at radius 1 is 1.33 bits per heavy atom. The normalized spacial score (nSPS) is 13.8. The van der Waals surface area contributed by atoms with Crippen LogP contribution >= 0.6 is 23.1 Å². The molecule has 0 bridgehead atoms. The number of carbonyl (C=O) groups excluding carboxylic acids is 1. The van der Waals surface area contributed by atoms with E-state index in [1.165, 1.54) is 23.1 Å². The summed E-state index contributed by atoms with van der Waals surface area (Å²) in [6, 6.07) is 10.3. The lowest BCUT2D eigenvalue weighted by Crippen LogP contribution is -2.14. The zero-order valence-electron chi connectivity index (χ0n) is 12.6. The van der Waals surface area contributed by atoms with Crippen LogP contribution in [-0.2, 0) is 4.79 Å². The summed E-state index contributed by atoms with van der Waals surface area (Å²) < 4.78 is 1.80. The van der Waals surface area contributed by atoms with Gasteiger partial charge in [0.2, 0.25) is 11.1 Å². The molecule has 7 nitrogen and oxygen atoms in total. The molecule has 0 saturated heterocycles. The van der Waals surface area contributed by atoms with Crippen molar-refractivity contribution in [2.75, 3.05) is 11.1 Å². The van der Waals surface area contributed by atoms with E-state index in [0.29, 0.717) is 16.3 Å². The number of thiazole rings is 1. The number of thioether (sulfide) groups is 1. The topological polar surface area (TPSA) is 85.6 Å². The smallest absolute Gasteiger partial charge is 0.236 e. The number of nitrogens with one attached hydrogen (secondary N) is 1. The van der Waals surface area contributed by atoms with Crippen molar-refractivity contribution < 1.29 is 4.79 Å². The third-order valence-electron chi connectivity index (χ3n) is 3.51. The number of tetrazole rings is 1. The lowest BCUT2D eigenvalue weighted by atomic mass is 10.2. The van der Waals surface area contributed by atoms with Gasteiger partial charge in [-0.1, -0.05) is 42.1 Å². The number of rotatable bonds is 6. The minimum atomic E-state index is -0.112. The summed E-state index contributed by atoms with van der Waals surface area (Å²) >= 11 is 2.76. The van der Waals surface area contributed by atoms with Crippen LogP contribution in [0.15, 0.2) is 40.9 Å². The largest absolute Gasteiger partial charge is 0.301 e. The Kier molecular flexibility index (Phi) is 4.26. The lowest BCUT2D eigenvalue weighted by Gasteiger charge is -2.02. The number of amides is 1. The molecule has 3 aromatic rings. The van der Waals surface area contributed by atoms with Crippen LogP contribution in [0.5, 0.6) is 0 Å².